The van der Waals surface area contributed by atoms with Crippen LogP contribution in [0, 0.1) is 5.92 Å². The first-order chi connectivity index (χ1) is 13.1. The molecule has 1 aliphatic rings. The minimum absolute atomic E-state index is 0.153. The SMILES string of the molecule is CC1CCN(C(=O)C(C)Sc2ncnc3scc(-c4ccccc4)c23)CC1. The number of rotatable bonds is 4. The third-order valence-electron chi connectivity index (χ3n) is 5.15. The molecule has 1 unspecified atom stereocenters. The summed E-state index contributed by atoms with van der Waals surface area (Å²) < 4.78 is 0. The van der Waals surface area contributed by atoms with Crippen molar-refractivity contribution in [1.82, 2.24) is 14.9 Å². The van der Waals surface area contributed by atoms with Gasteiger partial charge in [-0.05, 0) is 31.2 Å². The predicted molar refractivity (Wildman–Crippen MR) is 113 cm³/mol. The average Bonchev–Trinajstić information content (AvgIpc) is 3.14. The lowest BCUT2D eigenvalue weighted by molar-refractivity contribution is -0.131. The van der Waals surface area contributed by atoms with Gasteiger partial charge in [0.2, 0.25) is 5.91 Å². The molecule has 1 saturated heterocycles. The fourth-order valence-corrected chi connectivity index (χ4v) is 5.47. The smallest absolute Gasteiger partial charge is 0.235 e. The lowest BCUT2D eigenvalue weighted by Gasteiger charge is -2.32. The van der Waals surface area contributed by atoms with Crippen molar-refractivity contribution >= 4 is 39.2 Å². The van der Waals surface area contributed by atoms with Gasteiger partial charge in [-0.25, -0.2) is 9.97 Å². The molecular weight excluding hydrogens is 374 g/mol. The molecule has 0 bridgehead atoms. The van der Waals surface area contributed by atoms with Gasteiger partial charge < -0.3 is 4.90 Å². The Balaban J connectivity index is 1.60. The number of likely N-dealkylation sites (tertiary alicyclic amines) is 1. The lowest BCUT2D eigenvalue weighted by atomic mass is 9.99. The average molecular weight is 398 g/mol. The maximum Gasteiger partial charge on any atom is 0.235 e. The molecule has 0 saturated carbocycles. The Morgan fingerprint density at radius 1 is 1.22 bits per heavy atom. The first kappa shape index (κ1) is 18.4. The van der Waals surface area contributed by atoms with Gasteiger partial charge in [-0.15, -0.1) is 11.3 Å². The molecule has 3 heterocycles. The largest absolute Gasteiger partial charge is 0.342 e. The number of thiophene rings is 1. The highest BCUT2D eigenvalue weighted by Crippen LogP contribution is 2.39. The van der Waals surface area contributed by atoms with Crippen molar-refractivity contribution in [2.45, 2.75) is 37.0 Å². The van der Waals surface area contributed by atoms with Crippen molar-refractivity contribution in [2.75, 3.05) is 13.1 Å². The number of aromatic nitrogens is 2. The Hall–Kier alpha value is -1.92. The molecule has 4 rings (SSSR count). The number of carbonyl (C=O) groups is 1. The number of piperidine rings is 1. The van der Waals surface area contributed by atoms with E-state index in [0.29, 0.717) is 0 Å². The highest BCUT2D eigenvalue weighted by Gasteiger charge is 2.26. The van der Waals surface area contributed by atoms with Crippen LogP contribution in [-0.4, -0.2) is 39.1 Å². The van der Waals surface area contributed by atoms with Gasteiger partial charge in [0.05, 0.1) is 10.6 Å². The summed E-state index contributed by atoms with van der Waals surface area (Å²) in [6.45, 7) is 6.00. The van der Waals surface area contributed by atoms with E-state index in [1.54, 1.807) is 29.4 Å². The summed E-state index contributed by atoms with van der Waals surface area (Å²) in [6.07, 6.45) is 3.81. The zero-order chi connectivity index (χ0) is 18.8. The third-order valence-corrected chi connectivity index (χ3v) is 7.13. The van der Waals surface area contributed by atoms with E-state index in [1.165, 1.54) is 0 Å². The van der Waals surface area contributed by atoms with E-state index in [-0.39, 0.29) is 11.2 Å². The van der Waals surface area contributed by atoms with Crippen molar-refractivity contribution in [3.05, 3.63) is 42.0 Å². The summed E-state index contributed by atoms with van der Waals surface area (Å²) >= 11 is 3.18. The molecule has 140 valence electrons. The highest BCUT2D eigenvalue weighted by molar-refractivity contribution is 8.00. The fourth-order valence-electron chi connectivity index (χ4n) is 3.47. The molecule has 1 atom stereocenters. The molecule has 1 aliphatic heterocycles. The zero-order valence-corrected chi connectivity index (χ0v) is 17.2. The Morgan fingerprint density at radius 3 is 2.70 bits per heavy atom. The van der Waals surface area contributed by atoms with Gasteiger partial charge in [0, 0.05) is 24.0 Å². The maximum absolute atomic E-state index is 12.9. The van der Waals surface area contributed by atoms with Gasteiger partial charge >= 0.3 is 0 Å². The molecule has 6 heteroatoms. The summed E-state index contributed by atoms with van der Waals surface area (Å²) in [5.74, 6) is 0.938. The summed E-state index contributed by atoms with van der Waals surface area (Å²) in [5, 5.41) is 3.94. The highest BCUT2D eigenvalue weighted by atomic mass is 32.2. The Morgan fingerprint density at radius 2 is 1.96 bits per heavy atom. The number of benzene rings is 1. The van der Waals surface area contributed by atoms with Crippen LogP contribution in [0.25, 0.3) is 21.3 Å². The van der Waals surface area contributed by atoms with Crippen LogP contribution in [0.2, 0.25) is 0 Å². The number of fused-ring (bicyclic) bond motifs is 1. The number of hydrogen-bond donors (Lipinski definition) is 0. The van der Waals surface area contributed by atoms with Crippen LogP contribution in [-0.2, 0) is 4.79 Å². The number of hydrogen-bond acceptors (Lipinski definition) is 5. The van der Waals surface area contributed by atoms with Crippen molar-refractivity contribution in [3.8, 4) is 11.1 Å². The second-order valence-electron chi connectivity index (χ2n) is 7.14. The monoisotopic (exact) mass is 397 g/mol. The lowest BCUT2D eigenvalue weighted by Crippen LogP contribution is -2.41. The molecule has 1 aromatic carbocycles. The Kier molecular flexibility index (Phi) is 5.45. The fraction of sp³-hybridized carbons (Fsp3) is 0.381. The number of thioether (sulfide) groups is 1. The molecule has 1 fully saturated rings. The quantitative estimate of drug-likeness (QED) is 0.454. The van der Waals surface area contributed by atoms with Crippen molar-refractivity contribution in [2.24, 2.45) is 5.92 Å². The van der Waals surface area contributed by atoms with E-state index in [2.05, 4.69) is 34.4 Å². The summed E-state index contributed by atoms with van der Waals surface area (Å²) in [6, 6.07) is 10.3. The molecule has 4 nitrogen and oxygen atoms in total. The van der Waals surface area contributed by atoms with E-state index in [0.717, 1.165) is 58.2 Å². The molecule has 0 aliphatic carbocycles. The number of carbonyl (C=O) groups excluding carboxylic acids is 1. The van der Waals surface area contributed by atoms with Gasteiger partial charge in [-0.1, -0.05) is 49.0 Å². The third kappa shape index (κ3) is 3.87. The maximum atomic E-state index is 12.9. The molecule has 0 spiro atoms. The molecule has 1 amide bonds. The molecule has 3 aromatic rings. The molecular formula is C21H23N3OS2. The summed E-state index contributed by atoms with van der Waals surface area (Å²) in [7, 11) is 0. The second-order valence-corrected chi connectivity index (χ2v) is 9.33. The Labute approximate surface area is 168 Å². The van der Waals surface area contributed by atoms with Gasteiger partial charge in [-0.3, -0.25) is 4.79 Å². The van der Waals surface area contributed by atoms with E-state index in [9.17, 15) is 4.79 Å². The predicted octanol–water partition coefficient (Wildman–Crippen LogP) is 5.10. The first-order valence-electron chi connectivity index (χ1n) is 9.36. The molecule has 27 heavy (non-hydrogen) atoms. The van der Waals surface area contributed by atoms with Crippen LogP contribution in [0.3, 0.4) is 0 Å². The van der Waals surface area contributed by atoms with Crippen LogP contribution in [0.5, 0.6) is 0 Å². The summed E-state index contributed by atoms with van der Waals surface area (Å²) in [5.41, 5.74) is 2.30. The van der Waals surface area contributed by atoms with E-state index in [4.69, 9.17) is 0 Å². The van der Waals surface area contributed by atoms with Crippen molar-refractivity contribution in [3.63, 3.8) is 0 Å². The van der Waals surface area contributed by atoms with Gasteiger partial charge in [-0.2, -0.15) is 0 Å². The topological polar surface area (TPSA) is 46.1 Å². The molecule has 0 radical (unpaired) electrons. The second kappa shape index (κ2) is 7.98. The van der Waals surface area contributed by atoms with Crippen LogP contribution in [0.15, 0.2) is 47.1 Å². The van der Waals surface area contributed by atoms with Crippen LogP contribution >= 0.6 is 23.1 Å². The van der Waals surface area contributed by atoms with Crippen molar-refractivity contribution in [1.29, 1.82) is 0 Å². The zero-order valence-electron chi connectivity index (χ0n) is 15.6. The van der Waals surface area contributed by atoms with Gasteiger partial charge in [0.1, 0.15) is 16.2 Å². The molecule has 2 aromatic heterocycles. The van der Waals surface area contributed by atoms with Crippen LogP contribution < -0.4 is 0 Å². The van der Waals surface area contributed by atoms with E-state index >= 15 is 0 Å². The standard InChI is InChI=1S/C21H23N3OS2/c1-14-8-10-24(11-9-14)21(25)15(2)27-20-18-17(16-6-4-3-5-7-16)12-26-19(18)22-13-23-20/h3-7,12-15H,8-11H2,1-2H3. The Bertz CT molecular complexity index is 933. The minimum Gasteiger partial charge on any atom is -0.342 e. The van der Waals surface area contributed by atoms with Gasteiger partial charge in [0.25, 0.3) is 0 Å². The van der Waals surface area contributed by atoms with Crippen LogP contribution in [0.1, 0.15) is 26.7 Å². The number of nitrogens with zero attached hydrogens (tertiary/aromatic N) is 3. The summed E-state index contributed by atoms with van der Waals surface area (Å²) in [4.78, 5) is 24.9. The minimum atomic E-state index is -0.153. The number of amides is 1. The first-order valence-corrected chi connectivity index (χ1v) is 11.1. The van der Waals surface area contributed by atoms with E-state index in [1.807, 2.05) is 30.0 Å². The van der Waals surface area contributed by atoms with Gasteiger partial charge in [0.15, 0.2) is 0 Å². The van der Waals surface area contributed by atoms with Crippen molar-refractivity contribution < 1.29 is 4.79 Å². The molecule has 0 N–H and O–H groups in total. The normalized spacial score (nSPS) is 16.6. The van der Waals surface area contributed by atoms with E-state index < -0.39 is 0 Å². The van der Waals surface area contributed by atoms with Crippen LogP contribution in [0.4, 0.5) is 0 Å².